The average Bonchev–Trinajstić information content (AvgIpc) is 2.11. The second-order valence-corrected chi connectivity index (χ2v) is 10.3. The third-order valence-corrected chi connectivity index (χ3v) is 0.556. The van der Waals surface area contributed by atoms with Crippen LogP contribution in [0.1, 0.15) is 0 Å². The molecule has 0 atom stereocenters. The second kappa shape index (κ2) is 7.02. The van der Waals surface area contributed by atoms with E-state index in [-0.39, 0.29) is 0 Å². The van der Waals surface area contributed by atoms with Crippen LogP contribution in [0.5, 0.6) is 0 Å². The molecular formula is C5H5Cl3Mo-. The van der Waals surface area contributed by atoms with Gasteiger partial charge in [0.05, 0.1) is 0 Å². The van der Waals surface area contributed by atoms with Gasteiger partial charge in [-0.1, -0.05) is 0 Å². The van der Waals surface area contributed by atoms with Crippen molar-refractivity contribution in [2.75, 3.05) is 0 Å². The van der Waals surface area contributed by atoms with Gasteiger partial charge < -0.3 is 0 Å². The molecule has 1 aromatic rings. The number of hydrogen-bond acceptors (Lipinski definition) is 0. The number of halogens is 3. The summed E-state index contributed by atoms with van der Waals surface area (Å²) >= 11 is -1.94. The summed E-state index contributed by atoms with van der Waals surface area (Å²) in [4.78, 5) is 0. The maximum atomic E-state index is 4.98. The van der Waals surface area contributed by atoms with Crippen LogP contribution in [0.3, 0.4) is 0 Å². The molecule has 0 saturated heterocycles. The summed E-state index contributed by atoms with van der Waals surface area (Å²) in [6.07, 6.45) is 0. The van der Waals surface area contributed by atoms with Crippen molar-refractivity contribution in [3.05, 3.63) is 30.3 Å². The molecule has 0 spiro atoms. The Kier molecular flexibility index (Phi) is 7.73. The molecule has 1 rings (SSSR count). The molecule has 0 aromatic heterocycles. The summed E-state index contributed by atoms with van der Waals surface area (Å²) in [6.45, 7) is 0. The Morgan fingerprint density at radius 3 is 1.44 bits per heavy atom. The molecule has 4 heteroatoms. The molecular weight excluding hydrogens is 262 g/mol. The van der Waals surface area contributed by atoms with Crippen LogP contribution in [0, 0.1) is 0 Å². The average molecular weight is 267 g/mol. The largest absolute Gasteiger partial charge is 0.214 e. The van der Waals surface area contributed by atoms with Gasteiger partial charge in [0.15, 0.2) is 0 Å². The Morgan fingerprint density at radius 2 is 1.33 bits per heavy atom. The van der Waals surface area contributed by atoms with E-state index in [2.05, 4.69) is 0 Å². The normalized spacial score (nSPS) is 8.44. The van der Waals surface area contributed by atoms with Crippen molar-refractivity contribution in [3.63, 3.8) is 0 Å². The molecule has 0 unspecified atom stereocenters. The first-order chi connectivity index (χ1) is 4.23. The molecule has 9 heavy (non-hydrogen) atoms. The van der Waals surface area contributed by atoms with E-state index in [0.29, 0.717) is 0 Å². The van der Waals surface area contributed by atoms with Crippen molar-refractivity contribution in [2.45, 2.75) is 0 Å². The van der Waals surface area contributed by atoms with Gasteiger partial charge in [-0.25, -0.2) is 12.1 Å². The third-order valence-electron chi connectivity index (χ3n) is 0.556. The SMILES string of the molecule is [Cl][Mo]([Cl])[Cl].c1cc[cH-]c1. The fraction of sp³-hybridized carbons (Fsp3) is 0. The van der Waals surface area contributed by atoms with Gasteiger partial charge in [-0.05, 0) is 0 Å². The number of hydrogen-bond donors (Lipinski definition) is 0. The van der Waals surface area contributed by atoms with Crippen LogP contribution in [0.15, 0.2) is 30.3 Å². The van der Waals surface area contributed by atoms with E-state index in [4.69, 9.17) is 28.3 Å². The summed E-state index contributed by atoms with van der Waals surface area (Å²) in [5.74, 6) is 0. The fourth-order valence-electron chi connectivity index (χ4n) is 0.321. The van der Waals surface area contributed by atoms with Gasteiger partial charge in [0, 0.05) is 0 Å². The zero-order valence-electron chi connectivity index (χ0n) is 4.43. The smallest absolute Gasteiger partial charge is 0.172 e. The molecule has 0 heterocycles. The predicted molar refractivity (Wildman–Crippen MR) is 39.6 cm³/mol. The van der Waals surface area contributed by atoms with E-state index in [1.54, 1.807) is 0 Å². The molecule has 1 aromatic carbocycles. The van der Waals surface area contributed by atoms with Gasteiger partial charge in [0.2, 0.25) is 0 Å². The molecule has 0 nitrogen and oxygen atoms in total. The molecule has 0 amide bonds. The minimum absolute atomic E-state index is 1.94. The van der Waals surface area contributed by atoms with E-state index >= 15 is 0 Å². The van der Waals surface area contributed by atoms with E-state index in [1.807, 2.05) is 30.3 Å². The van der Waals surface area contributed by atoms with Crippen molar-refractivity contribution in [3.8, 4) is 0 Å². The topological polar surface area (TPSA) is 0 Å². The van der Waals surface area contributed by atoms with Crippen molar-refractivity contribution in [1.82, 2.24) is 0 Å². The van der Waals surface area contributed by atoms with Crippen molar-refractivity contribution in [2.24, 2.45) is 0 Å². The van der Waals surface area contributed by atoms with Crippen molar-refractivity contribution in [1.29, 1.82) is 0 Å². The molecule has 0 fully saturated rings. The van der Waals surface area contributed by atoms with Crippen LogP contribution < -0.4 is 0 Å². The first-order valence-electron chi connectivity index (χ1n) is 2.13. The van der Waals surface area contributed by atoms with Crippen LogP contribution in [-0.4, -0.2) is 0 Å². The molecule has 0 bridgehead atoms. The van der Waals surface area contributed by atoms with Gasteiger partial charge in [-0.3, -0.25) is 0 Å². The maximum Gasteiger partial charge on any atom is -0.172 e. The zero-order valence-corrected chi connectivity index (χ0v) is 8.70. The quantitative estimate of drug-likeness (QED) is 0.499. The summed E-state index contributed by atoms with van der Waals surface area (Å²) in [7, 11) is 14.9. The Bertz CT molecular complexity index is 95.8. The molecule has 53 valence electrons. The van der Waals surface area contributed by atoms with Crippen LogP contribution in [0.4, 0.5) is 0 Å². The van der Waals surface area contributed by atoms with Gasteiger partial charge in [0.1, 0.15) is 0 Å². The summed E-state index contributed by atoms with van der Waals surface area (Å²) < 4.78 is 0. The fourth-order valence-corrected chi connectivity index (χ4v) is 0.321. The Labute approximate surface area is 72.4 Å². The standard InChI is InChI=1S/C5H5.3ClH.Mo/c1-2-4-5-3-1;;;;/h1-5H;3*1H;/q-1;;;;+3/p-3. The van der Waals surface area contributed by atoms with Crippen molar-refractivity contribution < 1.29 is 14.2 Å². The molecule has 0 N–H and O–H groups in total. The maximum absolute atomic E-state index is 4.98. The van der Waals surface area contributed by atoms with Gasteiger partial charge >= 0.3 is 42.4 Å². The van der Waals surface area contributed by atoms with Gasteiger partial charge in [-0.15, -0.1) is 0 Å². The van der Waals surface area contributed by atoms with Gasteiger partial charge in [-0.2, -0.15) is 18.2 Å². The second-order valence-electron chi connectivity index (χ2n) is 1.14. The molecule has 0 aliphatic rings. The van der Waals surface area contributed by atoms with Crippen LogP contribution in [-0.2, 0) is 14.2 Å². The number of rotatable bonds is 0. The molecule has 0 aliphatic heterocycles. The van der Waals surface area contributed by atoms with Crippen LogP contribution in [0.2, 0.25) is 0 Å². The summed E-state index contributed by atoms with van der Waals surface area (Å²) in [6, 6.07) is 10.0. The van der Waals surface area contributed by atoms with E-state index in [9.17, 15) is 0 Å². The van der Waals surface area contributed by atoms with Crippen LogP contribution >= 0.6 is 28.3 Å². The predicted octanol–water partition coefficient (Wildman–Crippen LogP) is 3.47. The molecule has 0 radical (unpaired) electrons. The van der Waals surface area contributed by atoms with Crippen molar-refractivity contribution >= 4 is 28.3 Å². The minimum atomic E-state index is -1.94. The Hall–Kier alpha value is 0.908. The van der Waals surface area contributed by atoms with E-state index < -0.39 is 14.2 Å². The first-order valence-corrected chi connectivity index (χ1v) is 9.88. The van der Waals surface area contributed by atoms with Gasteiger partial charge in [0.25, 0.3) is 0 Å². The molecule has 0 aliphatic carbocycles. The van der Waals surface area contributed by atoms with Crippen LogP contribution in [0.25, 0.3) is 0 Å². The van der Waals surface area contributed by atoms with E-state index in [1.165, 1.54) is 0 Å². The third kappa shape index (κ3) is 12.2. The Balaban J connectivity index is 0.000000148. The monoisotopic (exact) mass is 268 g/mol. The zero-order chi connectivity index (χ0) is 7.11. The molecule has 0 saturated carbocycles. The van der Waals surface area contributed by atoms with E-state index in [0.717, 1.165) is 0 Å². The Morgan fingerprint density at radius 1 is 1.00 bits per heavy atom. The summed E-state index contributed by atoms with van der Waals surface area (Å²) in [5, 5.41) is 0. The summed E-state index contributed by atoms with van der Waals surface area (Å²) in [5.41, 5.74) is 0. The minimum Gasteiger partial charge on any atom is -0.214 e. The first kappa shape index (κ1) is 9.91.